The molecule has 4 unspecified atom stereocenters. The van der Waals surface area contributed by atoms with Gasteiger partial charge >= 0.3 is 0 Å². The van der Waals surface area contributed by atoms with Crippen molar-refractivity contribution in [3.05, 3.63) is 0 Å². The van der Waals surface area contributed by atoms with Gasteiger partial charge in [0, 0.05) is 18.0 Å². The predicted octanol–water partition coefficient (Wildman–Crippen LogP) is 1.42. The van der Waals surface area contributed by atoms with Gasteiger partial charge in [-0.2, -0.15) is 0 Å². The van der Waals surface area contributed by atoms with Crippen molar-refractivity contribution in [1.82, 2.24) is 5.32 Å². The molecule has 3 nitrogen and oxygen atoms in total. The van der Waals surface area contributed by atoms with E-state index in [-0.39, 0.29) is 12.1 Å². The van der Waals surface area contributed by atoms with Crippen LogP contribution in [-0.4, -0.2) is 18.0 Å². The van der Waals surface area contributed by atoms with Crippen molar-refractivity contribution in [3.8, 4) is 0 Å². The Labute approximate surface area is 97.2 Å². The molecule has 3 saturated carbocycles. The van der Waals surface area contributed by atoms with Gasteiger partial charge in [-0.1, -0.05) is 12.8 Å². The second-order valence-corrected chi connectivity index (χ2v) is 5.85. The molecule has 3 aliphatic rings. The van der Waals surface area contributed by atoms with E-state index in [2.05, 4.69) is 5.32 Å². The molecule has 4 atom stereocenters. The summed E-state index contributed by atoms with van der Waals surface area (Å²) in [5.74, 6) is 2.08. The largest absolute Gasteiger partial charge is 0.352 e. The molecule has 3 fully saturated rings. The molecule has 0 aliphatic heterocycles. The Bertz CT molecular complexity index is 280. The smallest absolute Gasteiger partial charge is 0.223 e. The van der Waals surface area contributed by atoms with Crippen molar-refractivity contribution < 1.29 is 4.79 Å². The molecule has 0 aromatic rings. The molecule has 0 heterocycles. The number of fused-ring (bicyclic) bond motifs is 1. The quantitative estimate of drug-likeness (QED) is 0.742. The average Bonchev–Trinajstić information content (AvgIpc) is 2.90. The molecule has 90 valence electrons. The lowest BCUT2D eigenvalue weighted by atomic mass is 10.0. The van der Waals surface area contributed by atoms with Crippen molar-refractivity contribution in [1.29, 1.82) is 0 Å². The molecule has 1 amide bonds. The van der Waals surface area contributed by atoms with E-state index in [1.807, 2.05) is 0 Å². The highest BCUT2D eigenvalue weighted by Crippen LogP contribution is 2.55. The summed E-state index contributed by atoms with van der Waals surface area (Å²) in [5, 5.41) is 3.18. The van der Waals surface area contributed by atoms with E-state index >= 15 is 0 Å². The van der Waals surface area contributed by atoms with Gasteiger partial charge in [-0.15, -0.1) is 0 Å². The average molecular weight is 222 g/mol. The van der Waals surface area contributed by atoms with Crippen molar-refractivity contribution in [2.24, 2.45) is 23.5 Å². The number of nitrogens with one attached hydrogen (secondary N) is 1. The topological polar surface area (TPSA) is 55.1 Å². The van der Waals surface area contributed by atoms with E-state index < -0.39 is 0 Å². The summed E-state index contributed by atoms with van der Waals surface area (Å²) in [4.78, 5) is 12.1. The lowest BCUT2D eigenvalue weighted by molar-refractivity contribution is -0.123. The van der Waals surface area contributed by atoms with Crippen LogP contribution in [0.5, 0.6) is 0 Å². The van der Waals surface area contributed by atoms with Crippen LogP contribution >= 0.6 is 0 Å². The summed E-state index contributed by atoms with van der Waals surface area (Å²) < 4.78 is 0. The van der Waals surface area contributed by atoms with Gasteiger partial charge in [0.15, 0.2) is 0 Å². The van der Waals surface area contributed by atoms with E-state index in [1.54, 1.807) is 0 Å². The SMILES string of the molecule is NC1CCCC1NC(=O)C1C2CCCCC21. The lowest BCUT2D eigenvalue weighted by Crippen LogP contribution is -2.44. The molecule has 3 N–H and O–H groups in total. The molecule has 0 aromatic carbocycles. The van der Waals surface area contributed by atoms with Crippen molar-refractivity contribution in [2.45, 2.75) is 57.0 Å². The third-order valence-electron chi connectivity index (χ3n) is 4.86. The van der Waals surface area contributed by atoms with Gasteiger partial charge in [-0.3, -0.25) is 4.79 Å². The summed E-state index contributed by atoms with van der Waals surface area (Å²) in [7, 11) is 0. The normalized spacial score (nSPS) is 46.2. The maximum atomic E-state index is 12.1. The molecule has 16 heavy (non-hydrogen) atoms. The second-order valence-electron chi connectivity index (χ2n) is 5.85. The first kappa shape index (κ1) is 10.6. The Balaban J connectivity index is 1.54. The monoisotopic (exact) mass is 222 g/mol. The van der Waals surface area contributed by atoms with Crippen LogP contribution in [0.4, 0.5) is 0 Å². The van der Waals surface area contributed by atoms with E-state index in [9.17, 15) is 4.79 Å². The van der Waals surface area contributed by atoms with Crippen LogP contribution in [0.15, 0.2) is 0 Å². The number of amides is 1. The molecule has 3 heteroatoms. The number of hydrogen-bond donors (Lipinski definition) is 2. The summed E-state index contributed by atoms with van der Waals surface area (Å²) >= 11 is 0. The van der Waals surface area contributed by atoms with Crippen LogP contribution in [-0.2, 0) is 4.79 Å². The molecule has 3 aliphatic carbocycles. The third-order valence-corrected chi connectivity index (χ3v) is 4.86. The molecule has 0 spiro atoms. The number of hydrogen-bond acceptors (Lipinski definition) is 2. The minimum Gasteiger partial charge on any atom is -0.352 e. The highest BCUT2D eigenvalue weighted by Gasteiger charge is 2.55. The highest BCUT2D eigenvalue weighted by molar-refractivity contribution is 5.82. The lowest BCUT2D eigenvalue weighted by Gasteiger charge is -2.17. The highest BCUT2D eigenvalue weighted by atomic mass is 16.2. The summed E-state index contributed by atoms with van der Waals surface area (Å²) in [6.45, 7) is 0. The first-order valence-electron chi connectivity index (χ1n) is 6.83. The Hall–Kier alpha value is -0.570. The van der Waals surface area contributed by atoms with E-state index in [1.165, 1.54) is 32.1 Å². The summed E-state index contributed by atoms with van der Waals surface area (Å²) in [6, 6.07) is 0.458. The minimum absolute atomic E-state index is 0.199. The van der Waals surface area contributed by atoms with Gasteiger partial charge < -0.3 is 11.1 Å². The van der Waals surface area contributed by atoms with Gasteiger partial charge in [0.2, 0.25) is 5.91 Å². The molecule has 0 bridgehead atoms. The van der Waals surface area contributed by atoms with Crippen molar-refractivity contribution >= 4 is 5.91 Å². The number of carbonyl (C=O) groups excluding carboxylic acids is 1. The number of carbonyl (C=O) groups is 1. The van der Waals surface area contributed by atoms with E-state index in [0.717, 1.165) is 12.8 Å². The van der Waals surface area contributed by atoms with Crippen LogP contribution in [0.25, 0.3) is 0 Å². The predicted molar refractivity (Wildman–Crippen MR) is 62.7 cm³/mol. The van der Waals surface area contributed by atoms with Crippen LogP contribution in [0.3, 0.4) is 0 Å². The molecule has 3 rings (SSSR count). The van der Waals surface area contributed by atoms with E-state index in [4.69, 9.17) is 5.73 Å². The van der Waals surface area contributed by atoms with Crippen LogP contribution in [0.2, 0.25) is 0 Å². The Morgan fingerprint density at radius 3 is 2.25 bits per heavy atom. The summed E-state index contributed by atoms with van der Waals surface area (Å²) in [6.07, 6.45) is 8.53. The first-order valence-corrected chi connectivity index (χ1v) is 6.83. The fourth-order valence-electron chi connectivity index (χ4n) is 3.83. The maximum absolute atomic E-state index is 12.1. The summed E-state index contributed by atoms with van der Waals surface area (Å²) in [5.41, 5.74) is 5.98. The van der Waals surface area contributed by atoms with Crippen LogP contribution < -0.4 is 11.1 Å². The van der Waals surface area contributed by atoms with E-state index in [0.29, 0.717) is 23.7 Å². The van der Waals surface area contributed by atoms with Crippen LogP contribution in [0.1, 0.15) is 44.9 Å². The fraction of sp³-hybridized carbons (Fsp3) is 0.923. The van der Waals surface area contributed by atoms with Gasteiger partial charge in [0.05, 0.1) is 0 Å². The molecular weight excluding hydrogens is 200 g/mol. The first-order chi connectivity index (χ1) is 7.77. The molecular formula is C13H22N2O. The second kappa shape index (κ2) is 4.02. The zero-order valence-electron chi connectivity index (χ0n) is 9.82. The minimum atomic E-state index is 0.199. The zero-order valence-corrected chi connectivity index (χ0v) is 9.82. The zero-order chi connectivity index (χ0) is 11.1. The van der Waals surface area contributed by atoms with Crippen LogP contribution in [0, 0.1) is 17.8 Å². The van der Waals surface area contributed by atoms with Crippen molar-refractivity contribution in [2.75, 3.05) is 0 Å². The Morgan fingerprint density at radius 2 is 1.69 bits per heavy atom. The van der Waals surface area contributed by atoms with Crippen molar-refractivity contribution in [3.63, 3.8) is 0 Å². The van der Waals surface area contributed by atoms with Gasteiger partial charge in [0.25, 0.3) is 0 Å². The van der Waals surface area contributed by atoms with Gasteiger partial charge in [0.1, 0.15) is 0 Å². The van der Waals surface area contributed by atoms with Gasteiger partial charge in [-0.25, -0.2) is 0 Å². The Morgan fingerprint density at radius 1 is 1.00 bits per heavy atom. The Kier molecular flexibility index (Phi) is 2.66. The third kappa shape index (κ3) is 1.75. The maximum Gasteiger partial charge on any atom is 0.223 e. The van der Waals surface area contributed by atoms with Gasteiger partial charge in [-0.05, 0) is 43.9 Å². The molecule has 0 radical (unpaired) electrons. The number of nitrogens with two attached hydrogens (primary N) is 1. The molecule has 0 saturated heterocycles. The molecule has 0 aromatic heterocycles. The number of rotatable bonds is 2. The standard InChI is InChI=1S/C13H22N2O/c14-10-6-3-7-11(10)15-13(16)12-8-4-1-2-5-9(8)12/h8-12H,1-7,14H2,(H,15,16). The fourth-order valence-corrected chi connectivity index (χ4v) is 3.83.